The van der Waals surface area contributed by atoms with E-state index < -0.39 is 0 Å². The average Bonchev–Trinajstić information content (AvgIpc) is 2.52. The largest absolute Gasteiger partial charge is 0.330 e. The van der Waals surface area contributed by atoms with Gasteiger partial charge in [0, 0.05) is 6.04 Å². The van der Waals surface area contributed by atoms with E-state index in [0.717, 1.165) is 25.0 Å². The molecule has 0 aromatic rings. The van der Waals surface area contributed by atoms with Gasteiger partial charge in [0.1, 0.15) is 0 Å². The number of nitrogens with two attached hydrogens (primary N) is 1. The van der Waals surface area contributed by atoms with Crippen LogP contribution in [-0.2, 0) is 0 Å². The van der Waals surface area contributed by atoms with Crippen LogP contribution in [0.15, 0.2) is 0 Å². The third-order valence-electron chi connectivity index (χ3n) is 3.61. The first-order valence-electron chi connectivity index (χ1n) is 6.07. The van der Waals surface area contributed by atoms with Gasteiger partial charge in [-0.25, -0.2) is 0 Å². The lowest BCUT2D eigenvalue weighted by Gasteiger charge is -2.22. The number of nitrogens with one attached hydrogen (secondary N) is 1. The van der Waals surface area contributed by atoms with Gasteiger partial charge in [0.25, 0.3) is 0 Å². The Balaban J connectivity index is 2.18. The average molecular weight is 198 g/mol. The second kappa shape index (κ2) is 5.72. The molecular formula is C12H26N2. The van der Waals surface area contributed by atoms with E-state index in [1.165, 1.54) is 19.3 Å². The molecule has 0 heterocycles. The second-order valence-electron chi connectivity index (χ2n) is 5.26. The molecule has 0 radical (unpaired) electrons. The van der Waals surface area contributed by atoms with Gasteiger partial charge >= 0.3 is 0 Å². The van der Waals surface area contributed by atoms with Crippen molar-refractivity contribution in [3.63, 3.8) is 0 Å². The first kappa shape index (κ1) is 12.0. The van der Waals surface area contributed by atoms with Crippen LogP contribution in [0.4, 0.5) is 0 Å². The Morgan fingerprint density at radius 2 is 2.07 bits per heavy atom. The summed E-state index contributed by atoms with van der Waals surface area (Å²) in [6.45, 7) is 8.79. The Hall–Kier alpha value is -0.0800. The van der Waals surface area contributed by atoms with Gasteiger partial charge in [0.05, 0.1) is 0 Å². The molecule has 1 saturated carbocycles. The summed E-state index contributed by atoms with van der Waals surface area (Å²) in [5, 5.41) is 3.66. The van der Waals surface area contributed by atoms with Crippen LogP contribution < -0.4 is 11.1 Å². The minimum Gasteiger partial charge on any atom is -0.330 e. The molecule has 1 aliphatic carbocycles. The summed E-state index contributed by atoms with van der Waals surface area (Å²) < 4.78 is 0. The van der Waals surface area contributed by atoms with E-state index >= 15 is 0 Å². The van der Waals surface area contributed by atoms with E-state index in [9.17, 15) is 0 Å². The summed E-state index contributed by atoms with van der Waals surface area (Å²) >= 11 is 0. The third kappa shape index (κ3) is 3.58. The lowest BCUT2D eigenvalue weighted by Crippen LogP contribution is -2.36. The van der Waals surface area contributed by atoms with Crippen LogP contribution in [0, 0.1) is 17.8 Å². The highest BCUT2D eigenvalue weighted by Gasteiger charge is 2.21. The van der Waals surface area contributed by atoms with Crippen molar-refractivity contribution >= 4 is 0 Å². The fourth-order valence-corrected chi connectivity index (χ4v) is 2.30. The minimum absolute atomic E-state index is 0.644. The van der Waals surface area contributed by atoms with Crippen molar-refractivity contribution in [1.29, 1.82) is 0 Å². The zero-order valence-corrected chi connectivity index (χ0v) is 9.92. The lowest BCUT2D eigenvalue weighted by atomic mass is 9.95. The van der Waals surface area contributed by atoms with Crippen LogP contribution in [-0.4, -0.2) is 19.1 Å². The van der Waals surface area contributed by atoms with Crippen LogP contribution in [0.25, 0.3) is 0 Å². The SMILES string of the molecule is CC1CCC(NCC(CN)C(C)C)C1. The molecule has 3 N–H and O–H groups in total. The van der Waals surface area contributed by atoms with Crippen molar-refractivity contribution < 1.29 is 0 Å². The summed E-state index contributed by atoms with van der Waals surface area (Å²) in [6.07, 6.45) is 4.11. The molecule has 2 nitrogen and oxygen atoms in total. The van der Waals surface area contributed by atoms with Gasteiger partial charge in [-0.2, -0.15) is 0 Å². The summed E-state index contributed by atoms with van der Waals surface area (Å²) in [5.41, 5.74) is 5.75. The first-order chi connectivity index (χ1) is 6.63. The van der Waals surface area contributed by atoms with Gasteiger partial charge in [-0.05, 0) is 50.1 Å². The molecule has 3 atom stereocenters. The molecule has 1 fully saturated rings. The highest BCUT2D eigenvalue weighted by Crippen LogP contribution is 2.24. The van der Waals surface area contributed by atoms with E-state index in [-0.39, 0.29) is 0 Å². The maximum Gasteiger partial charge on any atom is 0.00698 e. The zero-order valence-electron chi connectivity index (χ0n) is 9.92. The van der Waals surface area contributed by atoms with Gasteiger partial charge in [0.15, 0.2) is 0 Å². The van der Waals surface area contributed by atoms with Gasteiger partial charge in [-0.1, -0.05) is 20.8 Å². The summed E-state index contributed by atoms with van der Waals surface area (Å²) in [5.74, 6) is 2.26. The molecule has 0 bridgehead atoms. The van der Waals surface area contributed by atoms with Gasteiger partial charge in [-0.15, -0.1) is 0 Å². The Morgan fingerprint density at radius 1 is 1.36 bits per heavy atom. The number of hydrogen-bond donors (Lipinski definition) is 2. The predicted octanol–water partition coefficient (Wildman–Crippen LogP) is 2.00. The highest BCUT2D eigenvalue weighted by atomic mass is 14.9. The van der Waals surface area contributed by atoms with Crippen molar-refractivity contribution in [1.82, 2.24) is 5.32 Å². The maximum absolute atomic E-state index is 5.75. The van der Waals surface area contributed by atoms with E-state index in [2.05, 4.69) is 26.1 Å². The van der Waals surface area contributed by atoms with Crippen LogP contribution >= 0.6 is 0 Å². The molecule has 1 rings (SSSR count). The van der Waals surface area contributed by atoms with Gasteiger partial charge in [0.2, 0.25) is 0 Å². The topological polar surface area (TPSA) is 38.0 Å². The molecule has 0 aliphatic heterocycles. The maximum atomic E-state index is 5.75. The monoisotopic (exact) mass is 198 g/mol. The van der Waals surface area contributed by atoms with Crippen LogP contribution in [0.1, 0.15) is 40.0 Å². The number of hydrogen-bond acceptors (Lipinski definition) is 2. The molecule has 84 valence electrons. The minimum atomic E-state index is 0.644. The molecule has 0 aromatic heterocycles. The lowest BCUT2D eigenvalue weighted by molar-refractivity contribution is 0.348. The predicted molar refractivity (Wildman–Crippen MR) is 62.2 cm³/mol. The van der Waals surface area contributed by atoms with E-state index in [4.69, 9.17) is 5.73 Å². The fraction of sp³-hybridized carbons (Fsp3) is 1.00. The van der Waals surface area contributed by atoms with Gasteiger partial charge in [-0.3, -0.25) is 0 Å². The first-order valence-corrected chi connectivity index (χ1v) is 6.07. The number of rotatable bonds is 5. The van der Waals surface area contributed by atoms with E-state index in [1.807, 2.05) is 0 Å². The normalized spacial score (nSPS) is 29.8. The highest BCUT2D eigenvalue weighted by molar-refractivity contribution is 4.79. The van der Waals surface area contributed by atoms with Crippen molar-refractivity contribution in [2.75, 3.05) is 13.1 Å². The summed E-state index contributed by atoms with van der Waals surface area (Å²) in [7, 11) is 0. The molecule has 3 unspecified atom stereocenters. The Bertz CT molecular complexity index is 156. The fourth-order valence-electron chi connectivity index (χ4n) is 2.30. The molecule has 0 saturated heterocycles. The van der Waals surface area contributed by atoms with Crippen LogP contribution in [0.5, 0.6) is 0 Å². The third-order valence-corrected chi connectivity index (χ3v) is 3.61. The van der Waals surface area contributed by atoms with Crippen molar-refractivity contribution in [3.8, 4) is 0 Å². The molecule has 0 amide bonds. The van der Waals surface area contributed by atoms with Crippen molar-refractivity contribution in [2.45, 2.75) is 46.1 Å². The van der Waals surface area contributed by atoms with Crippen molar-refractivity contribution in [3.05, 3.63) is 0 Å². The van der Waals surface area contributed by atoms with E-state index in [0.29, 0.717) is 11.8 Å². The smallest absolute Gasteiger partial charge is 0.00698 e. The quantitative estimate of drug-likeness (QED) is 0.709. The summed E-state index contributed by atoms with van der Waals surface area (Å²) in [6, 6.07) is 0.762. The molecular weight excluding hydrogens is 172 g/mol. The van der Waals surface area contributed by atoms with Gasteiger partial charge < -0.3 is 11.1 Å². The molecule has 14 heavy (non-hydrogen) atoms. The standard InChI is InChI=1S/C12H26N2/c1-9(2)11(7-13)8-14-12-5-4-10(3)6-12/h9-12,14H,4-8,13H2,1-3H3. The Labute approximate surface area is 88.6 Å². The zero-order chi connectivity index (χ0) is 10.6. The van der Waals surface area contributed by atoms with Crippen LogP contribution in [0.3, 0.4) is 0 Å². The second-order valence-corrected chi connectivity index (χ2v) is 5.26. The molecule has 0 spiro atoms. The Kier molecular flexibility index (Phi) is 4.90. The summed E-state index contributed by atoms with van der Waals surface area (Å²) in [4.78, 5) is 0. The van der Waals surface area contributed by atoms with E-state index in [1.54, 1.807) is 0 Å². The molecule has 0 aromatic carbocycles. The van der Waals surface area contributed by atoms with Crippen molar-refractivity contribution in [2.24, 2.45) is 23.5 Å². The van der Waals surface area contributed by atoms with Crippen LogP contribution in [0.2, 0.25) is 0 Å². The molecule has 1 aliphatic rings. The Morgan fingerprint density at radius 3 is 2.50 bits per heavy atom. The molecule has 2 heteroatoms.